The molecule has 0 saturated heterocycles. The predicted molar refractivity (Wildman–Crippen MR) is 63.4 cm³/mol. The maximum atomic E-state index is 13.5. The van der Waals surface area contributed by atoms with Gasteiger partial charge in [-0.2, -0.15) is 8.42 Å². The second kappa shape index (κ2) is 4.54. The summed E-state index contributed by atoms with van der Waals surface area (Å²) in [5.74, 6) is -1.18. The molecule has 1 aromatic carbocycles. The van der Waals surface area contributed by atoms with Gasteiger partial charge in [0.1, 0.15) is 11.6 Å². The summed E-state index contributed by atoms with van der Waals surface area (Å²) in [6.07, 6.45) is 0. The summed E-state index contributed by atoms with van der Waals surface area (Å²) in [4.78, 5) is 0.681. The minimum absolute atomic E-state index is 0.234. The number of thiophene rings is 1. The molecule has 2 rings (SSSR count). The first kappa shape index (κ1) is 12.2. The van der Waals surface area contributed by atoms with Gasteiger partial charge in [-0.3, -0.25) is 0 Å². The van der Waals surface area contributed by atoms with Crippen molar-refractivity contribution < 1.29 is 16.7 Å². The van der Waals surface area contributed by atoms with Crippen molar-refractivity contribution in [1.29, 1.82) is 0 Å². The van der Waals surface area contributed by atoms with Gasteiger partial charge in [-0.15, -0.1) is 15.2 Å². The van der Waals surface area contributed by atoms with E-state index in [1.165, 1.54) is 23.5 Å². The van der Waals surface area contributed by atoms with E-state index < -0.39 is 21.8 Å². The van der Waals surface area contributed by atoms with Crippen LogP contribution in [0.3, 0.4) is 0 Å². The van der Waals surface area contributed by atoms with Crippen LogP contribution in [0.4, 0.5) is 8.28 Å². The molecule has 0 bridgehead atoms. The highest BCUT2D eigenvalue weighted by Crippen LogP contribution is 2.28. The molecule has 0 aliphatic carbocycles. The Morgan fingerprint density at radius 2 is 2.00 bits per heavy atom. The molecule has 17 heavy (non-hydrogen) atoms. The van der Waals surface area contributed by atoms with E-state index in [1.807, 2.05) is 0 Å². The highest BCUT2D eigenvalue weighted by molar-refractivity contribution is 7.85. The Balaban J connectivity index is 2.44. The molecule has 0 amide bonds. The Morgan fingerprint density at radius 3 is 2.59 bits per heavy atom. The van der Waals surface area contributed by atoms with Gasteiger partial charge >= 0.3 is 10.2 Å². The average Bonchev–Trinajstić information content (AvgIpc) is 2.72. The summed E-state index contributed by atoms with van der Waals surface area (Å²) in [7, 11) is -4.59. The lowest BCUT2D eigenvalue weighted by atomic mass is 10.1. The van der Waals surface area contributed by atoms with Crippen LogP contribution in [0.25, 0.3) is 10.4 Å². The summed E-state index contributed by atoms with van der Waals surface area (Å²) in [5.41, 5.74) is 0.526. The number of hydrogen-bond donors (Lipinski definition) is 0. The van der Waals surface area contributed by atoms with E-state index in [0.29, 0.717) is 10.4 Å². The van der Waals surface area contributed by atoms with E-state index >= 15 is 0 Å². The van der Waals surface area contributed by atoms with Gasteiger partial charge in [0.05, 0.1) is 0 Å². The Morgan fingerprint density at radius 1 is 1.24 bits per heavy atom. The third-order valence-corrected chi connectivity index (χ3v) is 3.74. The predicted octanol–water partition coefficient (Wildman–Crippen LogP) is 3.35. The molecule has 90 valence electrons. The van der Waals surface area contributed by atoms with Crippen LogP contribution in [0.15, 0.2) is 35.7 Å². The second-order valence-electron chi connectivity index (χ2n) is 3.47. The molecule has 0 fully saturated rings. The minimum atomic E-state index is -4.59. The van der Waals surface area contributed by atoms with Crippen molar-refractivity contribution in [2.24, 2.45) is 0 Å². The smallest absolute Gasteiger partial charge is 0.206 e. The first-order valence-electron chi connectivity index (χ1n) is 4.70. The van der Waals surface area contributed by atoms with E-state index in [9.17, 15) is 16.7 Å². The van der Waals surface area contributed by atoms with E-state index in [0.717, 1.165) is 6.07 Å². The fraction of sp³-hybridized carbons (Fsp3) is 0.0909. The van der Waals surface area contributed by atoms with Gasteiger partial charge in [0, 0.05) is 10.4 Å². The summed E-state index contributed by atoms with van der Waals surface area (Å²) in [6, 6.07) is 7.26. The second-order valence-corrected chi connectivity index (χ2v) is 5.79. The zero-order chi connectivity index (χ0) is 12.5. The molecule has 2 nitrogen and oxygen atoms in total. The van der Waals surface area contributed by atoms with Crippen molar-refractivity contribution in [3.63, 3.8) is 0 Å². The van der Waals surface area contributed by atoms with Crippen LogP contribution >= 0.6 is 11.3 Å². The summed E-state index contributed by atoms with van der Waals surface area (Å²) >= 11 is 1.33. The Kier molecular flexibility index (Phi) is 3.26. The zero-order valence-corrected chi connectivity index (χ0v) is 10.2. The molecule has 0 N–H and O–H groups in total. The molecule has 0 unspecified atom stereocenters. The molecule has 1 heterocycles. The first-order valence-corrected chi connectivity index (χ1v) is 7.13. The quantitative estimate of drug-likeness (QED) is 0.804. The van der Waals surface area contributed by atoms with Crippen LogP contribution in [0, 0.1) is 5.82 Å². The van der Waals surface area contributed by atoms with Gasteiger partial charge in [0.2, 0.25) is 0 Å². The minimum Gasteiger partial charge on any atom is -0.206 e. The van der Waals surface area contributed by atoms with Crippen LogP contribution < -0.4 is 0 Å². The molecule has 1 aromatic heterocycles. The van der Waals surface area contributed by atoms with Crippen molar-refractivity contribution in [2.45, 2.75) is 5.75 Å². The van der Waals surface area contributed by atoms with Crippen LogP contribution in [-0.4, -0.2) is 8.42 Å². The molecule has 0 aliphatic heterocycles. The first-order chi connectivity index (χ1) is 7.96. The summed E-state index contributed by atoms with van der Waals surface area (Å²) in [6.45, 7) is 0. The lowest BCUT2D eigenvalue weighted by Gasteiger charge is -2.03. The third kappa shape index (κ3) is 3.10. The van der Waals surface area contributed by atoms with Crippen molar-refractivity contribution in [3.05, 3.63) is 47.1 Å². The van der Waals surface area contributed by atoms with Crippen LogP contribution in [0.5, 0.6) is 0 Å². The van der Waals surface area contributed by atoms with E-state index in [1.54, 1.807) is 17.5 Å². The number of halogens is 2. The number of hydrogen-bond acceptors (Lipinski definition) is 3. The lowest BCUT2D eigenvalue weighted by molar-refractivity contribution is 0.551. The van der Waals surface area contributed by atoms with Crippen LogP contribution in [0.2, 0.25) is 0 Å². The Labute approximate surface area is 102 Å². The lowest BCUT2D eigenvalue weighted by Crippen LogP contribution is -1.97. The van der Waals surface area contributed by atoms with Crippen molar-refractivity contribution >= 4 is 21.6 Å². The molecule has 0 aliphatic rings. The highest BCUT2D eigenvalue weighted by atomic mass is 32.3. The molecule has 0 radical (unpaired) electrons. The largest absolute Gasteiger partial charge is 0.306 e. The average molecular weight is 274 g/mol. The molecule has 0 atom stereocenters. The van der Waals surface area contributed by atoms with Crippen molar-refractivity contribution in [2.75, 3.05) is 0 Å². The van der Waals surface area contributed by atoms with Crippen LogP contribution in [-0.2, 0) is 16.0 Å². The maximum absolute atomic E-state index is 13.5. The summed E-state index contributed by atoms with van der Waals surface area (Å²) in [5, 5.41) is 1.79. The van der Waals surface area contributed by atoms with E-state index in [2.05, 4.69) is 0 Å². The van der Waals surface area contributed by atoms with Gasteiger partial charge < -0.3 is 0 Å². The maximum Gasteiger partial charge on any atom is 0.306 e. The third-order valence-electron chi connectivity index (χ3n) is 2.16. The Bertz CT molecular complexity index is 619. The van der Waals surface area contributed by atoms with Gasteiger partial charge in [-0.1, -0.05) is 12.1 Å². The molecule has 0 saturated carbocycles. The van der Waals surface area contributed by atoms with E-state index in [4.69, 9.17) is 0 Å². The molecule has 6 heteroatoms. The van der Waals surface area contributed by atoms with Gasteiger partial charge in [-0.05, 0) is 29.1 Å². The zero-order valence-electron chi connectivity index (χ0n) is 8.56. The highest BCUT2D eigenvalue weighted by Gasteiger charge is 2.12. The fourth-order valence-electron chi connectivity index (χ4n) is 1.48. The van der Waals surface area contributed by atoms with E-state index in [-0.39, 0.29) is 5.56 Å². The molecular formula is C11H8F2O2S2. The normalized spacial score (nSPS) is 11.6. The van der Waals surface area contributed by atoms with Gasteiger partial charge in [-0.25, -0.2) is 4.39 Å². The topological polar surface area (TPSA) is 34.1 Å². The van der Waals surface area contributed by atoms with Gasteiger partial charge in [0.25, 0.3) is 0 Å². The van der Waals surface area contributed by atoms with Gasteiger partial charge in [0.15, 0.2) is 0 Å². The number of benzene rings is 1. The Hall–Kier alpha value is -1.27. The molecular weight excluding hydrogens is 266 g/mol. The number of rotatable bonds is 3. The van der Waals surface area contributed by atoms with Crippen molar-refractivity contribution in [1.82, 2.24) is 0 Å². The van der Waals surface area contributed by atoms with Crippen LogP contribution in [0.1, 0.15) is 5.56 Å². The molecule has 0 spiro atoms. The molecule has 2 aromatic rings. The fourth-order valence-corrected chi connectivity index (χ4v) is 2.80. The summed E-state index contributed by atoms with van der Waals surface area (Å²) < 4.78 is 47.1. The SMILES string of the molecule is O=S(=O)(F)Cc1ccc(F)c(-c2cccs2)c1. The standard InChI is InChI=1S/C11H8F2O2S2/c12-10-4-3-8(7-17(13,14)15)6-9(10)11-2-1-5-16-11/h1-6H,7H2. The monoisotopic (exact) mass is 274 g/mol. The van der Waals surface area contributed by atoms with Crippen molar-refractivity contribution in [3.8, 4) is 10.4 Å².